The first-order valence-electron chi connectivity index (χ1n) is 35.4. The number of aromatic amines is 3. The smallest absolute Gasteiger partial charge is 0.296 e. The number of pyridine rings is 3. The maximum Gasteiger partial charge on any atom is 0.296 e. The van der Waals surface area contributed by atoms with Crippen molar-refractivity contribution < 1.29 is 99.5 Å². The van der Waals surface area contributed by atoms with E-state index >= 15 is 13.2 Å². The number of aliphatic hydroxyl groups is 3. The molecule has 12 heterocycles. The molecule has 570 valence electrons. The molecule has 0 saturated carbocycles. The molecule has 6 aromatic heterocycles. The van der Waals surface area contributed by atoms with Crippen LogP contribution in [0.5, 0.6) is 35.7 Å². The number of benzene rings is 3. The van der Waals surface area contributed by atoms with Gasteiger partial charge >= 0.3 is 0 Å². The first kappa shape index (κ1) is 73.8. The van der Waals surface area contributed by atoms with Crippen LogP contribution in [0, 0.1) is 17.5 Å². The minimum atomic E-state index is -0.663. The molecule has 3 aromatic carbocycles. The zero-order chi connectivity index (χ0) is 74.4. The van der Waals surface area contributed by atoms with E-state index in [1.165, 1.54) is 18.2 Å². The molecule has 27 nitrogen and oxygen atoms in total. The molecule has 9 aromatic rings. The van der Waals surface area contributed by atoms with Gasteiger partial charge in [-0.25, -0.2) is 13.2 Å². The number of aromatic nitrogens is 9. The number of ether oxygens (including phenoxy) is 15. The monoisotopic (exact) mass is 1550 g/mol. The number of hydrogen-bond acceptors (Lipinski definition) is 24. The zero-order valence-corrected chi connectivity index (χ0v) is 60.6. The number of fused-ring (bicyclic) bond motifs is 9. The van der Waals surface area contributed by atoms with Crippen molar-refractivity contribution in [2.75, 3.05) is 80.8 Å². The SMILES string of the molecule is COC/C=C/c1cc(F)c2c(c1)CCC2Oc1nc2nc(O[C@@H]3CO[C@H]4[C@@H]3OC[C@H]4O)[nH]c2cc1Cl.COC/C=C/c1cc(F)c2c(c1)CCC2Oc1nc2nc(O[C@@H]3CO[C@H]4[C@@H]3OC[C@H]4O)[nH]c2cc1Cl.COC/C=C/c1cc(F)c2c(c1)CCC2Oc1nc2nc(O[C@@H]3CO[C@H]4[C@@H]3OC[C@H]4O)[nH]c2cc1Cl. The summed E-state index contributed by atoms with van der Waals surface area (Å²) in [6.45, 7) is 2.86. The number of aryl methyl sites for hydroxylation is 3. The van der Waals surface area contributed by atoms with Crippen LogP contribution in [-0.4, -0.2) is 214 Å². The number of rotatable bonds is 21. The van der Waals surface area contributed by atoms with E-state index < -0.39 is 73.2 Å². The second-order valence-electron chi connectivity index (χ2n) is 27.3. The van der Waals surface area contributed by atoms with E-state index in [4.69, 9.17) is 106 Å². The highest BCUT2D eigenvalue weighted by atomic mass is 35.5. The lowest BCUT2D eigenvalue weighted by Gasteiger charge is -2.16. The zero-order valence-electron chi connectivity index (χ0n) is 58.3. The van der Waals surface area contributed by atoms with E-state index in [-0.39, 0.29) is 126 Å². The Bertz CT molecular complexity index is 4420. The van der Waals surface area contributed by atoms with E-state index in [1.807, 2.05) is 54.7 Å². The van der Waals surface area contributed by atoms with Gasteiger partial charge in [0, 0.05) is 38.0 Å². The van der Waals surface area contributed by atoms with Crippen LogP contribution >= 0.6 is 34.8 Å². The number of hydrogen-bond donors (Lipinski definition) is 6. The number of methoxy groups -OCH3 is 3. The van der Waals surface area contributed by atoms with Crippen LogP contribution in [0.15, 0.2) is 72.8 Å². The standard InChI is InChI=1S/3C25H25ClFN3O6/c3*1-32-6-2-3-12-7-13-4-5-18(20(13)15(27)8-12)35-24-14(26)9-16-23(29-24)30-25(28-16)36-19-11-34-21-17(31)10-33-22(19)21/h3*2-3,7-9,17-19,21-22,31H,4-6,10-11H2,1H3,(H,28,29,30)/b3*3-2+/t3*17-,18?,19-,21-,22-/m111/s1. The highest BCUT2D eigenvalue weighted by Gasteiger charge is 2.51. The van der Waals surface area contributed by atoms with Crippen molar-refractivity contribution >= 4 is 86.5 Å². The molecule has 3 aliphatic carbocycles. The summed E-state index contributed by atoms with van der Waals surface area (Å²) in [4.78, 5) is 35.7. The third kappa shape index (κ3) is 15.4. The molecule has 3 unspecified atom stereocenters. The van der Waals surface area contributed by atoms with Crippen molar-refractivity contribution in [3.05, 3.63) is 155 Å². The summed E-state index contributed by atoms with van der Waals surface area (Å²) < 4.78 is 130. The van der Waals surface area contributed by atoms with Gasteiger partial charge < -0.3 is 101 Å². The van der Waals surface area contributed by atoms with E-state index in [2.05, 4.69) is 44.9 Å². The number of aliphatic hydroxyl groups excluding tert-OH is 3. The lowest BCUT2D eigenvalue weighted by molar-refractivity contribution is 0.00703. The fraction of sp³-hybridized carbons (Fsp3) is 0.440. The summed E-state index contributed by atoms with van der Waals surface area (Å²) in [6, 6.07) is 16.0. The summed E-state index contributed by atoms with van der Waals surface area (Å²) in [5.74, 6) is -0.441. The molecule has 33 heteroatoms. The molecule has 108 heavy (non-hydrogen) atoms. The lowest BCUT2D eigenvalue weighted by Crippen LogP contribution is -2.34. The topological polar surface area (TPSA) is 324 Å². The van der Waals surface area contributed by atoms with Gasteiger partial charge in [0.2, 0.25) is 17.6 Å². The van der Waals surface area contributed by atoms with Crippen molar-refractivity contribution in [1.82, 2.24) is 44.9 Å². The molecule has 0 spiro atoms. The summed E-state index contributed by atoms with van der Waals surface area (Å²) in [5.41, 5.74) is 9.38. The van der Waals surface area contributed by atoms with Gasteiger partial charge in [-0.2, -0.15) is 29.9 Å². The highest BCUT2D eigenvalue weighted by molar-refractivity contribution is 6.33. The first-order chi connectivity index (χ1) is 52.5. The normalized spacial score (nSPS) is 27.2. The predicted molar refractivity (Wildman–Crippen MR) is 383 cm³/mol. The first-order valence-corrected chi connectivity index (χ1v) is 36.5. The lowest BCUT2D eigenvalue weighted by atomic mass is 10.0. The molecule has 0 radical (unpaired) electrons. The van der Waals surface area contributed by atoms with Gasteiger partial charge in [0.25, 0.3) is 18.0 Å². The summed E-state index contributed by atoms with van der Waals surface area (Å²) in [6.07, 6.45) is 7.87. The Morgan fingerprint density at radius 3 is 0.972 bits per heavy atom. The van der Waals surface area contributed by atoms with Crippen LogP contribution in [0.2, 0.25) is 15.1 Å². The Labute approximate surface area is 629 Å². The van der Waals surface area contributed by atoms with Crippen molar-refractivity contribution in [1.29, 1.82) is 0 Å². The van der Waals surface area contributed by atoms with Gasteiger partial charge in [-0.15, -0.1) is 0 Å². The van der Waals surface area contributed by atoms with Crippen LogP contribution in [0.25, 0.3) is 51.7 Å². The minimum Gasteiger partial charge on any atom is -0.468 e. The molecule has 0 bridgehead atoms. The van der Waals surface area contributed by atoms with Crippen LogP contribution < -0.4 is 28.4 Å². The van der Waals surface area contributed by atoms with E-state index in [9.17, 15) is 15.3 Å². The van der Waals surface area contributed by atoms with Gasteiger partial charge in [-0.1, -0.05) is 89.5 Å². The Morgan fingerprint density at radius 1 is 0.398 bits per heavy atom. The third-order valence-electron chi connectivity index (χ3n) is 20.0. The van der Waals surface area contributed by atoms with Gasteiger partial charge in [0.1, 0.15) is 106 Å². The predicted octanol–water partition coefficient (Wildman–Crippen LogP) is 10.1. The maximum absolute atomic E-state index is 15.0. The number of imidazole rings is 3. The summed E-state index contributed by atoms with van der Waals surface area (Å²) in [7, 11) is 4.83. The minimum absolute atomic E-state index is 0.176. The Hall–Kier alpha value is -8.28. The van der Waals surface area contributed by atoms with Gasteiger partial charge in [-0.3, -0.25) is 0 Å². The Morgan fingerprint density at radius 2 is 0.685 bits per heavy atom. The van der Waals surface area contributed by atoms with Gasteiger partial charge in [0.15, 0.2) is 35.3 Å². The van der Waals surface area contributed by atoms with Crippen molar-refractivity contribution in [2.24, 2.45) is 0 Å². The number of nitrogens with zero attached hydrogens (tertiary/aromatic N) is 6. The number of H-pyrrole nitrogens is 3. The van der Waals surface area contributed by atoms with Gasteiger partial charge in [-0.05, 0) is 108 Å². The largest absolute Gasteiger partial charge is 0.468 e. The molecule has 9 aliphatic rings. The van der Waals surface area contributed by atoms with Crippen molar-refractivity contribution in [2.45, 2.75) is 130 Å². The fourth-order valence-corrected chi connectivity index (χ4v) is 15.7. The Kier molecular flexibility index (Phi) is 21.9. The third-order valence-corrected chi connectivity index (χ3v) is 20.9. The summed E-state index contributed by atoms with van der Waals surface area (Å²) >= 11 is 19.4. The molecule has 6 saturated heterocycles. The molecular formula is C75H75Cl3F3N9O18. The molecule has 6 fully saturated rings. The molecule has 6 N–H and O–H groups in total. The summed E-state index contributed by atoms with van der Waals surface area (Å²) in [5, 5.41) is 30.6. The maximum atomic E-state index is 15.0. The average molecular weight is 1550 g/mol. The van der Waals surface area contributed by atoms with E-state index in [0.29, 0.717) is 109 Å². The molecule has 18 rings (SSSR count). The second kappa shape index (κ2) is 32.0. The Balaban J connectivity index is 0.000000124. The molecule has 0 amide bonds. The number of nitrogens with one attached hydrogen (secondary N) is 3. The molecular weight excluding hydrogens is 1480 g/mol. The average Bonchev–Trinajstić information content (AvgIpc) is 1.60. The number of halogens is 6. The second-order valence-corrected chi connectivity index (χ2v) is 28.5. The van der Waals surface area contributed by atoms with Crippen LogP contribution in [0.1, 0.15) is 87.6 Å². The van der Waals surface area contributed by atoms with Crippen molar-refractivity contribution in [3.63, 3.8) is 0 Å². The van der Waals surface area contributed by atoms with Crippen LogP contribution in [-0.2, 0) is 61.9 Å². The van der Waals surface area contributed by atoms with Crippen LogP contribution in [0.3, 0.4) is 0 Å². The fourth-order valence-electron chi connectivity index (χ4n) is 15.1. The molecule has 6 aliphatic heterocycles. The van der Waals surface area contributed by atoms with E-state index in [1.54, 1.807) is 39.5 Å². The van der Waals surface area contributed by atoms with Crippen LogP contribution in [0.4, 0.5) is 13.2 Å². The highest BCUT2D eigenvalue weighted by Crippen LogP contribution is 2.44. The molecule has 15 atom stereocenters. The van der Waals surface area contributed by atoms with Gasteiger partial charge in [0.05, 0.1) is 76.0 Å². The van der Waals surface area contributed by atoms with E-state index in [0.717, 1.165) is 33.4 Å². The quantitative estimate of drug-likeness (QED) is 0.0389. The van der Waals surface area contributed by atoms with Crippen molar-refractivity contribution in [3.8, 4) is 35.7 Å².